The van der Waals surface area contributed by atoms with Gasteiger partial charge in [0.2, 0.25) is 0 Å². The smallest absolute Gasteiger partial charge is 0.344 e. The number of para-hydroxylation sites is 1. The number of rotatable bonds is 8. The Hall–Kier alpha value is -2.95. The van der Waals surface area contributed by atoms with Crippen LogP contribution in [0.2, 0.25) is 0 Å². The van der Waals surface area contributed by atoms with Crippen molar-refractivity contribution in [3.63, 3.8) is 0 Å². The Labute approximate surface area is 187 Å². The van der Waals surface area contributed by atoms with Crippen molar-refractivity contribution in [1.29, 1.82) is 0 Å². The van der Waals surface area contributed by atoms with Crippen molar-refractivity contribution in [2.75, 3.05) is 18.0 Å². The van der Waals surface area contributed by atoms with E-state index in [0.29, 0.717) is 16.4 Å². The van der Waals surface area contributed by atoms with Crippen LogP contribution in [0.5, 0.6) is 5.75 Å². The summed E-state index contributed by atoms with van der Waals surface area (Å²) in [6.45, 7) is -0.167. The molecule has 160 valence electrons. The molecule has 7 nitrogen and oxygen atoms in total. The maximum atomic E-state index is 12.6. The molecular formula is C21H18N2O5S3. The molecule has 10 heteroatoms. The Bertz CT molecular complexity index is 1250. The number of sulfonamides is 1. The lowest BCUT2D eigenvalue weighted by atomic mass is 10.3. The highest BCUT2D eigenvalue weighted by Gasteiger charge is 2.22. The highest BCUT2D eigenvalue weighted by molar-refractivity contribution is 7.94. The fourth-order valence-corrected chi connectivity index (χ4v) is 5.98. The van der Waals surface area contributed by atoms with Gasteiger partial charge in [-0.2, -0.15) is 0 Å². The number of anilines is 1. The van der Waals surface area contributed by atoms with Crippen LogP contribution in [0.25, 0.3) is 10.2 Å². The molecule has 0 bridgehead atoms. The van der Waals surface area contributed by atoms with Gasteiger partial charge in [0.25, 0.3) is 10.0 Å². The quantitative estimate of drug-likeness (QED) is 0.354. The summed E-state index contributed by atoms with van der Waals surface area (Å²) in [6.07, 6.45) is 0. The number of hydrogen-bond acceptors (Lipinski definition) is 8. The zero-order chi connectivity index (χ0) is 21.8. The number of thiazole rings is 1. The van der Waals surface area contributed by atoms with Gasteiger partial charge in [-0.25, -0.2) is 18.2 Å². The molecule has 0 radical (unpaired) electrons. The third-order valence-corrected chi connectivity index (χ3v) is 8.53. The highest BCUT2D eigenvalue weighted by Crippen LogP contribution is 2.26. The number of aromatic nitrogens is 1. The second kappa shape index (κ2) is 9.04. The van der Waals surface area contributed by atoms with Gasteiger partial charge in [-0.3, -0.25) is 4.31 Å². The Morgan fingerprint density at radius 3 is 2.55 bits per heavy atom. The van der Waals surface area contributed by atoms with E-state index >= 15 is 0 Å². The monoisotopic (exact) mass is 474 g/mol. The lowest BCUT2D eigenvalue weighted by Crippen LogP contribution is -2.25. The third-order valence-electron chi connectivity index (χ3n) is 4.36. The molecule has 0 saturated heterocycles. The van der Waals surface area contributed by atoms with E-state index < -0.39 is 16.0 Å². The molecule has 0 aliphatic rings. The molecule has 0 atom stereocenters. The Balaban J connectivity index is 1.30. The standard InChI is InChI=1S/C21H18N2O5S3/c1-23(31(25,26)21-7-4-12-29-21)15-8-10-16(11-9-15)27-14-20(24)28-13-19-22-17-5-2-3-6-18(17)30-19/h2-12H,13-14H2,1H3. The highest BCUT2D eigenvalue weighted by atomic mass is 32.2. The number of hydrogen-bond donors (Lipinski definition) is 0. The number of esters is 1. The number of benzene rings is 2. The summed E-state index contributed by atoms with van der Waals surface area (Å²) < 4.78 is 38.3. The van der Waals surface area contributed by atoms with Crippen LogP contribution in [-0.2, 0) is 26.2 Å². The van der Waals surface area contributed by atoms with E-state index in [1.807, 2.05) is 24.3 Å². The normalized spacial score (nSPS) is 11.4. The van der Waals surface area contributed by atoms with Crippen LogP contribution < -0.4 is 9.04 Å². The lowest BCUT2D eigenvalue weighted by Gasteiger charge is -2.18. The van der Waals surface area contributed by atoms with Crippen molar-refractivity contribution in [1.82, 2.24) is 4.98 Å². The second-order valence-electron chi connectivity index (χ2n) is 6.42. The van der Waals surface area contributed by atoms with Gasteiger partial charge < -0.3 is 9.47 Å². The van der Waals surface area contributed by atoms with Crippen molar-refractivity contribution >= 4 is 54.6 Å². The van der Waals surface area contributed by atoms with Gasteiger partial charge >= 0.3 is 5.97 Å². The SMILES string of the molecule is CN(c1ccc(OCC(=O)OCc2nc3ccccc3s2)cc1)S(=O)(=O)c1cccs1. The molecule has 0 spiro atoms. The Morgan fingerprint density at radius 2 is 1.84 bits per heavy atom. The molecule has 0 unspecified atom stereocenters. The van der Waals surface area contributed by atoms with Gasteiger partial charge in [0.15, 0.2) is 6.61 Å². The summed E-state index contributed by atoms with van der Waals surface area (Å²) in [5, 5.41) is 2.43. The minimum Gasteiger partial charge on any atom is -0.482 e. The summed E-state index contributed by atoms with van der Waals surface area (Å²) in [5.74, 6) is -0.0802. The molecule has 0 amide bonds. The predicted octanol–water partition coefficient (Wildman–Crippen LogP) is 4.31. The van der Waals surface area contributed by atoms with Crippen LogP contribution in [0.15, 0.2) is 70.3 Å². The van der Waals surface area contributed by atoms with Crippen LogP contribution in [0.3, 0.4) is 0 Å². The van der Waals surface area contributed by atoms with E-state index in [1.54, 1.807) is 41.8 Å². The first-order valence-electron chi connectivity index (χ1n) is 9.19. The summed E-state index contributed by atoms with van der Waals surface area (Å²) in [6, 6.07) is 17.4. The first-order valence-corrected chi connectivity index (χ1v) is 12.3. The Morgan fingerprint density at radius 1 is 1.06 bits per heavy atom. The minimum atomic E-state index is -3.60. The van der Waals surface area contributed by atoms with Crippen LogP contribution >= 0.6 is 22.7 Å². The van der Waals surface area contributed by atoms with Gasteiger partial charge in [0.1, 0.15) is 21.6 Å². The van der Waals surface area contributed by atoms with Gasteiger partial charge in [0.05, 0.1) is 15.9 Å². The molecule has 2 aromatic carbocycles. The zero-order valence-electron chi connectivity index (χ0n) is 16.4. The molecule has 4 rings (SSSR count). The summed E-state index contributed by atoms with van der Waals surface area (Å²) in [4.78, 5) is 16.4. The van der Waals surface area contributed by atoms with Crippen LogP contribution in [0.4, 0.5) is 5.69 Å². The maximum Gasteiger partial charge on any atom is 0.344 e. The van der Waals surface area contributed by atoms with Gasteiger partial charge in [-0.1, -0.05) is 18.2 Å². The van der Waals surface area contributed by atoms with Crippen LogP contribution in [0.1, 0.15) is 5.01 Å². The maximum absolute atomic E-state index is 12.6. The van der Waals surface area contributed by atoms with Gasteiger partial charge in [-0.05, 0) is 47.8 Å². The number of carbonyl (C=O) groups excluding carboxylic acids is 1. The predicted molar refractivity (Wildman–Crippen MR) is 121 cm³/mol. The third kappa shape index (κ3) is 4.87. The first-order chi connectivity index (χ1) is 14.9. The number of thiophene rings is 1. The van der Waals surface area contributed by atoms with Crippen LogP contribution in [0, 0.1) is 0 Å². The van der Waals surface area contributed by atoms with E-state index in [2.05, 4.69) is 4.98 Å². The average molecular weight is 475 g/mol. The van der Waals surface area contributed by atoms with E-state index in [4.69, 9.17) is 9.47 Å². The topological polar surface area (TPSA) is 85.8 Å². The van der Waals surface area contributed by atoms with E-state index in [9.17, 15) is 13.2 Å². The molecule has 0 aliphatic carbocycles. The fourth-order valence-electron chi connectivity index (χ4n) is 2.74. The molecule has 2 heterocycles. The average Bonchev–Trinajstić information content (AvgIpc) is 3.46. The zero-order valence-corrected chi connectivity index (χ0v) is 18.9. The fraction of sp³-hybridized carbons (Fsp3) is 0.143. The number of carbonyl (C=O) groups is 1. The van der Waals surface area contributed by atoms with Crippen molar-refractivity contribution in [2.24, 2.45) is 0 Å². The molecule has 0 aliphatic heterocycles. The van der Waals surface area contributed by atoms with Crippen molar-refractivity contribution in [2.45, 2.75) is 10.8 Å². The van der Waals surface area contributed by atoms with Crippen molar-refractivity contribution in [3.05, 3.63) is 71.1 Å². The Kier molecular flexibility index (Phi) is 6.21. The molecule has 0 N–H and O–H groups in total. The summed E-state index contributed by atoms with van der Waals surface area (Å²) in [5.41, 5.74) is 1.36. The summed E-state index contributed by atoms with van der Waals surface area (Å²) >= 11 is 2.64. The molecule has 4 aromatic rings. The number of fused-ring (bicyclic) bond motifs is 1. The van der Waals surface area contributed by atoms with E-state index in [1.165, 1.54) is 22.7 Å². The lowest BCUT2D eigenvalue weighted by molar-refractivity contribution is -0.147. The molecule has 0 fully saturated rings. The molecular weight excluding hydrogens is 456 g/mol. The van der Waals surface area contributed by atoms with Crippen LogP contribution in [-0.4, -0.2) is 33.0 Å². The molecule has 31 heavy (non-hydrogen) atoms. The number of nitrogens with zero attached hydrogens (tertiary/aromatic N) is 2. The first kappa shape index (κ1) is 21.3. The molecule has 0 saturated carbocycles. The summed E-state index contributed by atoms with van der Waals surface area (Å²) in [7, 11) is -2.11. The van der Waals surface area contributed by atoms with E-state index in [-0.39, 0.29) is 17.4 Å². The second-order valence-corrected chi connectivity index (χ2v) is 10.7. The van der Waals surface area contributed by atoms with Crippen molar-refractivity contribution < 1.29 is 22.7 Å². The number of ether oxygens (including phenoxy) is 2. The van der Waals surface area contributed by atoms with E-state index in [0.717, 1.165) is 21.6 Å². The molecule has 2 aromatic heterocycles. The largest absolute Gasteiger partial charge is 0.482 e. The van der Waals surface area contributed by atoms with Gasteiger partial charge in [0, 0.05) is 7.05 Å². The van der Waals surface area contributed by atoms with Gasteiger partial charge in [-0.15, -0.1) is 22.7 Å². The van der Waals surface area contributed by atoms with Crippen molar-refractivity contribution in [3.8, 4) is 5.75 Å². The minimum absolute atomic E-state index is 0.0891.